The van der Waals surface area contributed by atoms with E-state index in [1.165, 1.54) is 0 Å². The van der Waals surface area contributed by atoms with E-state index in [4.69, 9.17) is 5.73 Å². The van der Waals surface area contributed by atoms with Gasteiger partial charge >= 0.3 is 0 Å². The second-order valence-corrected chi connectivity index (χ2v) is 5.07. The molecule has 0 aliphatic heterocycles. The van der Waals surface area contributed by atoms with E-state index in [2.05, 4.69) is 12.1 Å². The number of thiophene rings is 1. The van der Waals surface area contributed by atoms with Gasteiger partial charge in [-0.15, -0.1) is 11.3 Å². The molecule has 1 unspecified atom stereocenters. The summed E-state index contributed by atoms with van der Waals surface area (Å²) in [5.74, 6) is 0.181. The van der Waals surface area contributed by atoms with Crippen LogP contribution in [-0.4, -0.2) is 5.78 Å². The Labute approximate surface area is 97.7 Å². The number of hydrogen-bond donors (Lipinski definition) is 1. The molecule has 1 aliphatic rings. The molecule has 80 valence electrons. The molecule has 3 heteroatoms. The molecule has 3 rings (SSSR count). The van der Waals surface area contributed by atoms with Crippen molar-refractivity contribution in [2.75, 3.05) is 0 Å². The highest BCUT2D eigenvalue weighted by molar-refractivity contribution is 7.16. The normalized spacial score (nSPS) is 18.8. The Morgan fingerprint density at radius 3 is 2.69 bits per heavy atom. The van der Waals surface area contributed by atoms with Crippen molar-refractivity contribution in [1.29, 1.82) is 0 Å². The van der Waals surface area contributed by atoms with Crippen molar-refractivity contribution < 1.29 is 4.79 Å². The topological polar surface area (TPSA) is 43.1 Å². The summed E-state index contributed by atoms with van der Waals surface area (Å²) in [7, 11) is 0. The van der Waals surface area contributed by atoms with Gasteiger partial charge < -0.3 is 5.73 Å². The fourth-order valence-electron chi connectivity index (χ4n) is 2.05. The van der Waals surface area contributed by atoms with Crippen LogP contribution in [0.15, 0.2) is 36.4 Å². The van der Waals surface area contributed by atoms with Gasteiger partial charge in [-0.2, -0.15) is 0 Å². The molecule has 16 heavy (non-hydrogen) atoms. The summed E-state index contributed by atoms with van der Waals surface area (Å²) in [6.45, 7) is 0. The molecule has 1 aliphatic carbocycles. The van der Waals surface area contributed by atoms with Gasteiger partial charge in [0.25, 0.3) is 0 Å². The molecular weight excluding hydrogens is 218 g/mol. The minimum Gasteiger partial charge on any atom is -0.323 e. The van der Waals surface area contributed by atoms with Crippen LogP contribution in [0.5, 0.6) is 0 Å². The first-order valence-corrected chi connectivity index (χ1v) is 6.05. The molecule has 2 aromatic rings. The molecule has 1 heterocycles. The number of carbonyl (C=O) groups excluding carboxylic acids is 1. The molecule has 1 aromatic carbocycles. The van der Waals surface area contributed by atoms with E-state index in [0.717, 1.165) is 20.9 Å². The van der Waals surface area contributed by atoms with Gasteiger partial charge in [0, 0.05) is 27.8 Å². The van der Waals surface area contributed by atoms with Crippen LogP contribution in [0.1, 0.15) is 27.7 Å². The average Bonchev–Trinajstić information content (AvgIpc) is 2.83. The summed E-state index contributed by atoms with van der Waals surface area (Å²) >= 11 is 1.64. The van der Waals surface area contributed by atoms with Crippen molar-refractivity contribution in [1.82, 2.24) is 0 Å². The average molecular weight is 229 g/mol. The summed E-state index contributed by atoms with van der Waals surface area (Å²) < 4.78 is 0. The van der Waals surface area contributed by atoms with Gasteiger partial charge in [0.1, 0.15) is 0 Å². The van der Waals surface area contributed by atoms with Crippen LogP contribution >= 0.6 is 11.3 Å². The number of carbonyl (C=O) groups is 1. The zero-order chi connectivity index (χ0) is 11.1. The Morgan fingerprint density at radius 1 is 1.25 bits per heavy atom. The number of fused-ring (bicyclic) bond motifs is 1. The smallest absolute Gasteiger partial charge is 0.165 e. The quantitative estimate of drug-likeness (QED) is 0.816. The van der Waals surface area contributed by atoms with Crippen LogP contribution in [0.2, 0.25) is 0 Å². The molecule has 0 amide bonds. The summed E-state index contributed by atoms with van der Waals surface area (Å²) in [5.41, 5.74) is 7.90. The minimum absolute atomic E-state index is 0.0926. The largest absolute Gasteiger partial charge is 0.323 e. The van der Waals surface area contributed by atoms with Gasteiger partial charge in [-0.05, 0) is 11.6 Å². The molecular formula is C13H11NOS. The summed E-state index contributed by atoms with van der Waals surface area (Å²) in [6, 6.07) is 12.0. The van der Waals surface area contributed by atoms with Crippen LogP contribution in [0.4, 0.5) is 0 Å². The monoisotopic (exact) mass is 229 g/mol. The molecule has 0 radical (unpaired) electrons. The van der Waals surface area contributed by atoms with E-state index in [-0.39, 0.29) is 11.8 Å². The number of ketones is 1. The molecule has 0 saturated carbocycles. The van der Waals surface area contributed by atoms with Crippen molar-refractivity contribution in [2.24, 2.45) is 5.73 Å². The second-order valence-electron chi connectivity index (χ2n) is 3.99. The highest BCUT2D eigenvalue weighted by Gasteiger charge is 2.29. The molecule has 0 bridgehead atoms. The van der Waals surface area contributed by atoms with E-state index in [1.54, 1.807) is 11.3 Å². The maximum atomic E-state index is 11.6. The number of rotatable bonds is 1. The third kappa shape index (κ3) is 1.40. The van der Waals surface area contributed by atoms with Crippen molar-refractivity contribution in [3.63, 3.8) is 0 Å². The SMILES string of the molecule is NC1CC(=O)c2cc(-c3ccccc3)sc21. The standard InChI is InChI=1S/C13H11NOS/c14-10-7-11(15)9-6-12(16-13(9)10)8-4-2-1-3-5-8/h1-6,10H,7,14H2. The van der Waals surface area contributed by atoms with E-state index in [1.807, 2.05) is 24.3 Å². The first-order chi connectivity index (χ1) is 7.75. The van der Waals surface area contributed by atoms with E-state index in [9.17, 15) is 4.79 Å². The lowest BCUT2D eigenvalue weighted by molar-refractivity contribution is 0.0989. The molecule has 0 fully saturated rings. The van der Waals surface area contributed by atoms with Crippen LogP contribution in [0, 0.1) is 0 Å². The summed E-state index contributed by atoms with van der Waals surface area (Å²) in [6.07, 6.45) is 0.468. The fourth-order valence-corrected chi connectivity index (χ4v) is 3.23. The molecule has 2 nitrogen and oxygen atoms in total. The van der Waals surface area contributed by atoms with Gasteiger partial charge in [-0.3, -0.25) is 4.79 Å². The van der Waals surface area contributed by atoms with Crippen LogP contribution in [0.3, 0.4) is 0 Å². The van der Waals surface area contributed by atoms with Crippen molar-refractivity contribution in [3.05, 3.63) is 46.8 Å². The fraction of sp³-hybridized carbons (Fsp3) is 0.154. The third-order valence-electron chi connectivity index (χ3n) is 2.86. The van der Waals surface area contributed by atoms with Crippen LogP contribution in [0.25, 0.3) is 10.4 Å². The maximum Gasteiger partial charge on any atom is 0.165 e. The Kier molecular flexibility index (Phi) is 2.16. The Balaban J connectivity index is 2.10. The number of benzene rings is 1. The zero-order valence-corrected chi connectivity index (χ0v) is 9.46. The van der Waals surface area contributed by atoms with Gasteiger partial charge in [0.2, 0.25) is 0 Å². The first-order valence-electron chi connectivity index (χ1n) is 5.23. The summed E-state index contributed by atoms with van der Waals surface area (Å²) in [4.78, 5) is 13.8. The predicted molar refractivity (Wildman–Crippen MR) is 65.6 cm³/mol. The van der Waals surface area contributed by atoms with Gasteiger partial charge in [-0.1, -0.05) is 30.3 Å². The lowest BCUT2D eigenvalue weighted by atomic mass is 10.1. The van der Waals surface area contributed by atoms with Gasteiger partial charge in [-0.25, -0.2) is 0 Å². The first kappa shape index (κ1) is 9.75. The highest BCUT2D eigenvalue weighted by atomic mass is 32.1. The van der Waals surface area contributed by atoms with Crippen LogP contribution in [-0.2, 0) is 0 Å². The number of Topliss-reactive ketones (excluding diaryl/α,β-unsaturated/α-hetero) is 1. The maximum absolute atomic E-state index is 11.6. The molecule has 1 atom stereocenters. The minimum atomic E-state index is -0.0926. The Hall–Kier alpha value is -1.45. The van der Waals surface area contributed by atoms with Crippen LogP contribution < -0.4 is 5.73 Å². The van der Waals surface area contributed by atoms with Gasteiger partial charge in [0.05, 0.1) is 0 Å². The van der Waals surface area contributed by atoms with Crippen molar-refractivity contribution in [3.8, 4) is 10.4 Å². The molecule has 0 saturated heterocycles. The zero-order valence-electron chi connectivity index (χ0n) is 8.64. The predicted octanol–water partition coefficient (Wildman–Crippen LogP) is 3.00. The molecule has 2 N–H and O–H groups in total. The van der Waals surface area contributed by atoms with Gasteiger partial charge in [0.15, 0.2) is 5.78 Å². The molecule has 1 aromatic heterocycles. The second kappa shape index (κ2) is 3.54. The lowest BCUT2D eigenvalue weighted by Gasteiger charge is -1.99. The van der Waals surface area contributed by atoms with E-state index in [0.29, 0.717) is 6.42 Å². The highest BCUT2D eigenvalue weighted by Crippen LogP contribution is 2.40. The Bertz CT molecular complexity index is 544. The number of nitrogens with two attached hydrogens (primary N) is 1. The lowest BCUT2D eigenvalue weighted by Crippen LogP contribution is -2.04. The third-order valence-corrected chi connectivity index (χ3v) is 4.18. The van der Waals surface area contributed by atoms with E-state index >= 15 is 0 Å². The number of hydrogen-bond acceptors (Lipinski definition) is 3. The van der Waals surface area contributed by atoms with Crippen molar-refractivity contribution in [2.45, 2.75) is 12.5 Å². The summed E-state index contributed by atoms with van der Waals surface area (Å²) in [5, 5.41) is 0. The Morgan fingerprint density at radius 2 is 2.00 bits per heavy atom. The van der Waals surface area contributed by atoms with Crippen molar-refractivity contribution >= 4 is 17.1 Å². The van der Waals surface area contributed by atoms with E-state index < -0.39 is 0 Å². The molecule has 0 spiro atoms.